The molecule has 2 aromatic carbocycles. The maximum absolute atomic E-state index is 14.7. The van der Waals surface area contributed by atoms with Crippen LogP contribution >= 0.6 is 0 Å². The van der Waals surface area contributed by atoms with Crippen LogP contribution in [0, 0.1) is 5.41 Å². The molecule has 7 atom stereocenters. The highest BCUT2D eigenvalue weighted by Crippen LogP contribution is 2.20. The average Bonchev–Trinajstić information content (AvgIpc) is 4.05. The lowest BCUT2D eigenvalue weighted by Crippen LogP contribution is -2.61. The Morgan fingerprint density at radius 2 is 1.41 bits per heavy atom. The summed E-state index contributed by atoms with van der Waals surface area (Å²) in [5, 5.41) is 32.3. The van der Waals surface area contributed by atoms with Gasteiger partial charge in [-0.25, -0.2) is 4.98 Å². The number of hydrogen-bond acceptors (Lipinski definition) is 12. The number of guanidine groups is 1. The number of carbonyl (C=O) groups excluding carboxylic acids is 9. The van der Waals surface area contributed by atoms with E-state index in [2.05, 4.69) is 62.8 Å². The van der Waals surface area contributed by atoms with Crippen molar-refractivity contribution in [3.05, 3.63) is 90.1 Å². The highest BCUT2D eigenvalue weighted by Gasteiger charge is 2.35. The van der Waals surface area contributed by atoms with Crippen molar-refractivity contribution in [1.82, 2.24) is 62.8 Å². The first-order valence-corrected chi connectivity index (χ1v) is 25.0. The molecule has 25 nitrogen and oxygen atoms in total. The van der Waals surface area contributed by atoms with Crippen LogP contribution in [0.2, 0.25) is 0 Å². The number of aromatic nitrogens is 3. The van der Waals surface area contributed by atoms with Crippen molar-refractivity contribution in [3.8, 4) is 0 Å². The number of imidazole rings is 1. The van der Waals surface area contributed by atoms with Crippen LogP contribution in [0.4, 0.5) is 0 Å². The van der Waals surface area contributed by atoms with E-state index in [9.17, 15) is 43.2 Å². The summed E-state index contributed by atoms with van der Waals surface area (Å²) in [5.74, 6) is -7.35. The van der Waals surface area contributed by atoms with E-state index in [1.165, 1.54) is 19.4 Å². The van der Waals surface area contributed by atoms with Crippen LogP contribution in [0.25, 0.3) is 10.9 Å². The number of fused-ring (bicyclic) bond motifs is 1. The van der Waals surface area contributed by atoms with E-state index in [0.717, 1.165) is 10.9 Å². The summed E-state index contributed by atoms with van der Waals surface area (Å²) in [6.07, 6.45) is 5.34. The fraction of sp³-hybridized carbons (Fsp3) is 0.460. The van der Waals surface area contributed by atoms with Gasteiger partial charge in [-0.2, -0.15) is 0 Å². The molecule has 9 amide bonds. The molecule has 1 aliphatic heterocycles. The molecule has 75 heavy (non-hydrogen) atoms. The third-order valence-electron chi connectivity index (χ3n) is 12.4. The average molecular weight is 1040 g/mol. The Kier molecular flexibility index (Phi) is 22.5. The molecule has 0 bridgehead atoms. The molecule has 1 aliphatic rings. The van der Waals surface area contributed by atoms with Crippen molar-refractivity contribution in [2.75, 3.05) is 19.6 Å². The molecule has 0 spiro atoms. The van der Waals surface area contributed by atoms with Gasteiger partial charge in [0.1, 0.15) is 42.3 Å². The lowest BCUT2D eigenvalue weighted by atomic mass is 10.0. The predicted molar refractivity (Wildman–Crippen MR) is 276 cm³/mol. The summed E-state index contributed by atoms with van der Waals surface area (Å²) < 4.78 is 0. The number of amides is 9. The minimum atomic E-state index is -1.64. The number of primary amides is 1. The van der Waals surface area contributed by atoms with E-state index in [1.807, 2.05) is 24.3 Å². The number of carbonyl (C=O) groups is 9. The number of H-pyrrole nitrogens is 2. The molecule has 1 unspecified atom stereocenters. The first-order valence-electron chi connectivity index (χ1n) is 25.0. The van der Waals surface area contributed by atoms with E-state index >= 15 is 0 Å². The van der Waals surface area contributed by atoms with Gasteiger partial charge in [-0.15, -0.1) is 0 Å². The van der Waals surface area contributed by atoms with Crippen molar-refractivity contribution in [2.24, 2.45) is 17.2 Å². The fourth-order valence-electron chi connectivity index (χ4n) is 8.50. The van der Waals surface area contributed by atoms with E-state index in [4.69, 9.17) is 22.6 Å². The molecule has 2 aromatic heterocycles. The van der Waals surface area contributed by atoms with Gasteiger partial charge in [0.2, 0.25) is 53.2 Å². The van der Waals surface area contributed by atoms with Crippen LogP contribution in [0.1, 0.15) is 81.5 Å². The standard InChI is InChI=1S/C50H70N16O9/c1-29(67)60-36(18-11-21-57-50(53)54)44(70)66-41-25-42(68)56-20-10-8-16-35(43(52)69)61-47(73)39(23-31-26-58-34-15-6-5-14-33(31)34)64-45(71)37(17-7-9-19-51)62-46(72)38(22-30-12-3-2-4-13-30)63-48(74)40(65-49(41)75)24-32-27-55-28-59-32/h2-6,12-15,26-28,35-41,58H,7-11,16-25,51H2,1H3,(H2,52,69)(H,55,59)(H,56,68)(H,60,67)(H,61,73)(H,62,72)(H,63,74)(H,64,71)(H,65,75)(H,66,70)(H4,53,54,57)/t35?,36-,37-,38+,39-,40-,41-/m0/s1. The van der Waals surface area contributed by atoms with Crippen molar-refractivity contribution in [3.63, 3.8) is 0 Å². The van der Waals surface area contributed by atoms with Gasteiger partial charge in [0, 0.05) is 62.6 Å². The minimum Gasteiger partial charge on any atom is -0.370 e. The number of aromatic amines is 2. The van der Waals surface area contributed by atoms with Gasteiger partial charge in [-0.05, 0) is 75.1 Å². The lowest BCUT2D eigenvalue weighted by molar-refractivity contribution is -0.136. The van der Waals surface area contributed by atoms with Gasteiger partial charge in [0.25, 0.3) is 0 Å². The number of nitrogens with one attached hydrogen (secondary N) is 12. The summed E-state index contributed by atoms with van der Waals surface area (Å²) in [7, 11) is 0. The Balaban J connectivity index is 1.53. The smallest absolute Gasteiger partial charge is 0.243 e. The Bertz CT molecular complexity index is 2590. The zero-order valence-corrected chi connectivity index (χ0v) is 41.9. The molecule has 4 aromatic rings. The highest BCUT2D eigenvalue weighted by molar-refractivity contribution is 5.99. The molecule has 25 heteroatoms. The second-order valence-corrected chi connectivity index (χ2v) is 18.4. The quantitative estimate of drug-likeness (QED) is 0.0289. The number of nitrogens with zero attached hydrogens (tertiary/aromatic N) is 1. The molecule has 5 rings (SSSR count). The van der Waals surface area contributed by atoms with Crippen molar-refractivity contribution >= 4 is 70.0 Å². The van der Waals surface area contributed by atoms with Crippen LogP contribution in [0.5, 0.6) is 0 Å². The molecular formula is C50H70N16O9. The highest BCUT2D eigenvalue weighted by atomic mass is 16.2. The molecule has 3 heterocycles. The zero-order valence-electron chi connectivity index (χ0n) is 41.9. The second-order valence-electron chi connectivity index (χ2n) is 18.4. The molecule has 0 radical (unpaired) electrons. The molecule has 1 fully saturated rings. The first-order chi connectivity index (χ1) is 36.0. The van der Waals surface area contributed by atoms with Crippen LogP contribution in [-0.4, -0.2) is 136 Å². The van der Waals surface area contributed by atoms with Gasteiger partial charge in [0.15, 0.2) is 5.96 Å². The third-order valence-corrected chi connectivity index (χ3v) is 12.4. The molecule has 0 saturated carbocycles. The minimum absolute atomic E-state index is 0.0248. The van der Waals surface area contributed by atoms with E-state index < -0.39 is 102 Å². The number of unbranched alkanes of at least 4 members (excludes halogenated alkanes) is 1. The van der Waals surface area contributed by atoms with Crippen LogP contribution in [0.3, 0.4) is 0 Å². The molecule has 1 saturated heterocycles. The van der Waals surface area contributed by atoms with E-state index in [0.29, 0.717) is 29.7 Å². The van der Waals surface area contributed by atoms with E-state index in [1.54, 1.807) is 36.5 Å². The summed E-state index contributed by atoms with van der Waals surface area (Å²) in [5.41, 5.74) is 19.4. The number of hydrogen-bond donors (Lipinski definition) is 15. The van der Waals surface area contributed by atoms with E-state index in [-0.39, 0.29) is 83.4 Å². The molecular weight excluding hydrogens is 969 g/mol. The molecule has 404 valence electrons. The van der Waals surface area contributed by atoms with Crippen molar-refractivity contribution in [2.45, 2.75) is 126 Å². The Hall–Kier alpha value is -8.35. The molecule has 18 N–H and O–H groups in total. The van der Waals surface area contributed by atoms with Gasteiger partial charge in [-0.1, -0.05) is 48.5 Å². The predicted octanol–water partition coefficient (Wildman–Crippen LogP) is -2.10. The normalized spacial score (nSPS) is 21.2. The number of para-hydroxylation sites is 1. The Morgan fingerprint density at radius 1 is 0.760 bits per heavy atom. The Morgan fingerprint density at radius 3 is 2.09 bits per heavy atom. The van der Waals surface area contributed by atoms with Crippen LogP contribution < -0.4 is 65.1 Å². The van der Waals surface area contributed by atoms with Gasteiger partial charge in [-0.3, -0.25) is 48.6 Å². The second kappa shape index (κ2) is 29.4. The largest absolute Gasteiger partial charge is 0.370 e. The number of rotatable bonds is 18. The first kappa shape index (κ1) is 57.5. The third kappa shape index (κ3) is 18.9. The maximum atomic E-state index is 14.7. The SMILES string of the molecule is CC(=O)N[C@@H](CCCNC(=N)N)C(=O)N[C@H]1CC(=O)NCCCCC(C(N)=O)NC(=O)[C@H](Cc2c[nH]c3ccccc23)NC(=O)[C@H](CCCCN)NC(=O)[C@@H](Cc2ccccc2)NC(=O)[C@H](Cc2c[nH]cn2)NC1=O. The van der Waals surface area contributed by atoms with Gasteiger partial charge in [0.05, 0.1) is 18.4 Å². The van der Waals surface area contributed by atoms with Gasteiger partial charge < -0.3 is 75.0 Å². The lowest BCUT2D eigenvalue weighted by Gasteiger charge is -2.28. The number of benzene rings is 2. The summed E-state index contributed by atoms with van der Waals surface area (Å²) in [6.45, 7) is 1.68. The van der Waals surface area contributed by atoms with Crippen LogP contribution in [0.15, 0.2) is 73.3 Å². The summed E-state index contributed by atoms with van der Waals surface area (Å²) in [4.78, 5) is 135. The summed E-state index contributed by atoms with van der Waals surface area (Å²) >= 11 is 0. The maximum Gasteiger partial charge on any atom is 0.243 e. The monoisotopic (exact) mass is 1040 g/mol. The topological polar surface area (TPSA) is 408 Å². The summed E-state index contributed by atoms with van der Waals surface area (Å²) in [6, 6.07) is 6.62. The van der Waals surface area contributed by atoms with Gasteiger partial charge >= 0.3 is 0 Å². The van der Waals surface area contributed by atoms with Crippen molar-refractivity contribution < 1.29 is 43.2 Å². The van der Waals surface area contributed by atoms with Crippen LogP contribution in [-0.2, 0) is 62.4 Å². The number of nitrogens with two attached hydrogens (primary N) is 3. The zero-order chi connectivity index (χ0) is 54.3. The van der Waals surface area contributed by atoms with Crippen molar-refractivity contribution in [1.29, 1.82) is 5.41 Å². The molecule has 0 aliphatic carbocycles. The Labute approximate surface area is 433 Å². The fourth-order valence-corrected chi connectivity index (χ4v) is 8.50.